The fraction of sp³-hybridized carbons (Fsp3) is 0.0667. The first-order chi connectivity index (χ1) is 9.13. The number of anilines is 2. The second kappa shape index (κ2) is 5.35. The third kappa shape index (κ3) is 2.63. The summed E-state index contributed by atoms with van der Waals surface area (Å²) < 4.78 is 0. The van der Waals surface area contributed by atoms with Crippen molar-refractivity contribution in [2.24, 2.45) is 0 Å². The summed E-state index contributed by atoms with van der Waals surface area (Å²) in [5.74, 6) is -1.14. The molecule has 0 amide bonds. The van der Waals surface area contributed by atoms with Gasteiger partial charge in [0.2, 0.25) is 11.6 Å². The lowest BCUT2D eigenvalue weighted by Gasteiger charge is -2.05. The highest BCUT2D eigenvalue weighted by Crippen LogP contribution is 2.15. The number of benzene rings is 2. The molecule has 2 aromatic rings. The summed E-state index contributed by atoms with van der Waals surface area (Å²) in [4.78, 5) is 24.1. The molecule has 0 aliphatic carbocycles. The Labute approximate surface area is 111 Å². The van der Waals surface area contributed by atoms with Gasteiger partial charge in [-0.2, -0.15) is 0 Å². The maximum absolute atomic E-state index is 12.1. The summed E-state index contributed by atoms with van der Waals surface area (Å²) in [6.45, 7) is 0. The fourth-order valence-corrected chi connectivity index (χ4v) is 1.75. The summed E-state index contributed by atoms with van der Waals surface area (Å²) in [6, 6.07) is 13.3. The molecule has 0 fully saturated rings. The Balaban J connectivity index is 2.28. The highest BCUT2D eigenvalue weighted by molar-refractivity contribution is 6.50. The Morgan fingerprint density at radius 2 is 1.58 bits per heavy atom. The molecule has 0 heterocycles. The van der Waals surface area contributed by atoms with Gasteiger partial charge in [0.25, 0.3) is 0 Å². The van der Waals surface area contributed by atoms with Crippen molar-refractivity contribution in [3.63, 3.8) is 0 Å². The lowest BCUT2D eigenvalue weighted by Crippen LogP contribution is -2.16. The maximum atomic E-state index is 12.1. The van der Waals surface area contributed by atoms with Gasteiger partial charge in [-0.3, -0.25) is 9.59 Å². The van der Waals surface area contributed by atoms with Crippen molar-refractivity contribution in [1.82, 2.24) is 0 Å². The van der Waals surface area contributed by atoms with E-state index in [1.807, 2.05) is 0 Å². The Hall–Kier alpha value is -2.62. The van der Waals surface area contributed by atoms with Crippen LogP contribution in [0.3, 0.4) is 0 Å². The Bertz CT molecular complexity index is 618. The quantitative estimate of drug-likeness (QED) is 0.499. The molecular weight excluding hydrogens is 240 g/mol. The standard InChI is InChI=1S/C15H14N2O2/c1-17-11-8-6-10(7-9-11)14(18)15(19)12-4-2-3-5-13(12)16/h2-9,17H,16H2,1H3. The average molecular weight is 254 g/mol. The number of nitrogen functional groups attached to an aromatic ring is 1. The largest absolute Gasteiger partial charge is 0.398 e. The monoisotopic (exact) mass is 254 g/mol. The van der Waals surface area contributed by atoms with Gasteiger partial charge in [-0.05, 0) is 36.4 Å². The molecule has 0 aliphatic heterocycles. The number of hydrogen-bond donors (Lipinski definition) is 2. The minimum Gasteiger partial charge on any atom is -0.398 e. The van der Waals surface area contributed by atoms with Gasteiger partial charge in [0.1, 0.15) is 0 Å². The van der Waals surface area contributed by atoms with E-state index in [-0.39, 0.29) is 5.56 Å². The van der Waals surface area contributed by atoms with Gasteiger partial charge in [0.15, 0.2) is 0 Å². The first kappa shape index (κ1) is 12.8. The van der Waals surface area contributed by atoms with Gasteiger partial charge < -0.3 is 11.1 Å². The number of carbonyl (C=O) groups excluding carboxylic acids is 2. The van der Waals surface area contributed by atoms with Crippen LogP contribution in [0.15, 0.2) is 48.5 Å². The molecule has 2 aromatic carbocycles. The number of rotatable bonds is 4. The molecule has 96 valence electrons. The molecule has 0 radical (unpaired) electrons. The first-order valence-corrected chi connectivity index (χ1v) is 5.85. The number of hydrogen-bond acceptors (Lipinski definition) is 4. The van der Waals surface area contributed by atoms with Crippen LogP contribution < -0.4 is 11.1 Å². The summed E-state index contributed by atoms with van der Waals surface area (Å²) >= 11 is 0. The summed E-state index contributed by atoms with van der Waals surface area (Å²) in [5.41, 5.74) is 7.49. The summed E-state index contributed by atoms with van der Waals surface area (Å²) in [6.07, 6.45) is 0. The molecule has 0 atom stereocenters. The van der Waals surface area contributed by atoms with E-state index >= 15 is 0 Å². The zero-order valence-corrected chi connectivity index (χ0v) is 10.5. The minimum atomic E-state index is -0.588. The van der Waals surface area contributed by atoms with E-state index in [1.165, 1.54) is 0 Å². The number of nitrogens with one attached hydrogen (secondary N) is 1. The van der Waals surface area contributed by atoms with Crippen LogP contribution >= 0.6 is 0 Å². The number of carbonyl (C=O) groups is 2. The molecule has 0 unspecified atom stereocenters. The molecule has 4 heteroatoms. The van der Waals surface area contributed by atoms with Crippen molar-refractivity contribution in [2.45, 2.75) is 0 Å². The zero-order valence-electron chi connectivity index (χ0n) is 10.5. The first-order valence-electron chi connectivity index (χ1n) is 5.85. The van der Waals surface area contributed by atoms with Crippen LogP contribution in [0, 0.1) is 0 Å². The molecule has 0 spiro atoms. The highest BCUT2D eigenvalue weighted by Gasteiger charge is 2.19. The lowest BCUT2D eigenvalue weighted by molar-refractivity contribution is 0.0817. The summed E-state index contributed by atoms with van der Waals surface area (Å²) in [5, 5.41) is 2.95. The van der Waals surface area contributed by atoms with Crippen LogP contribution in [0.1, 0.15) is 20.7 Å². The van der Waals surface area contributed by atoms with E-state index in [1.54, 1.807) is 55.6 Å². The fourth-order valence-electron chi connectivity index (χ4n) is 1.75. The molecular formula is C15H14N2O2. The van der Waals surface area contributed by atoms with E-state index in [2.05, 4.69) is 5.32 Å². The van der Waals surface area contributed by atoms with Crippen LogP contribution in [0.5, 0.6) is 0 Å². The van der Waals surface area contributed by atoms with Crippen molar-refractivity contribution in [2.75, 3.05) is 18.1 Å². The summed E-state index contributed by atoms with van der Waals surface area (Å²) in [7, 11) is 1.78. The smallest absolute Gasteiger partial charge is 0.235 e. The predicted octanol–water partition coefficient (Wildman–Crippen LogP) is 2.38. The van der Waals surface area contributed by atoms with Gasteiger partial charge in [0, 0.05) is 29.5 Å². The molecule has 19 heavy (non-hydrogen) atoms. The van der Waals surface area contributed by atoms with Crippen molar-refractivity contribution >= 4 is 22.9 Å². The second-order valence-corrected chi connectivity index (χ2v) is 4.07. The number of nitrogens with two attached hydrogens (primary N) is 1. The van der Waals surface area contributed by atoms with Gasteiger partial charge in [-0.1, -0.05) is 12.1 Å². The molecule has 2 rings (SSSR count). The Morgan fingerprint density at radius 1 is 0.947 bits per heavy atom. The third-order valence-corrected chi connectivity index (χ3v) is 2.85. The number of Topliss-reactive ketones (excluding diaryl/α,β-unsaturated/α-hetero) is 2. The SMILES string of the molecule is CNc1ccc(C(=O)C(=O)c2ccccc2N)cc1. The molecule has 0 aromatic heterocycles. The molecule has 0 aliphatic rings. The molecule has 4 nitrogen and oxygen atoms in total. The highest BCUT2D eigenvalue weighted by atomic mass is 16.2. The number of ketones is 2. The zero-order chi connectivity index (χ0) is 13.8. The molecule has 3 N–H and O–H groups in total. The van der Waals surface area contributed by atoms with Crippen molar-refractivity contribution < 1.29 is 9.59 Å². The van der Waals surface area contributed by atoms with Crippen LogP contribution in [0.2, 0.25) is 0 Å². The van der Waals surface area contributed by atoms with Crippen molar-refractivity contribution in [1.29, 1.82) is 0 Å². The van der Waals surface area contributed by atoms with E-state index in [0.717, 1.165) is 5.69 Å². The van der Waals surface area contributed by atoms with E-state index in [0.29, 0.717) is 11.3 Å². The second-order valence-electron chi connectivity index (χ2n) is 4.07. The van der Waals surface area contributed by atoms with Gasteiger partial charge in [0.05, 0.1) is 0 Å². The Kier molecular flexibility index (Phi) is 3.61. The van der Waals surface area contributed by atoms with Crippen LogP contribution in [-0.2, 0) is 0 Å². The van der Waals surface area contributed by atoms with E-state index in [4.69, 9.17) is 5.73 Å². The van der Waals surface area contributed by atoms with E-state index in [9.17, 15) is 9.59 Å². The predicted molar refractivity (Wildman–Crippen MR) is 75.5 cm³/mol. The van der Waals surface area contributed by atoms with E-state index < -0.39 is 11.6 Å². The van der Waals surface area contributed by atoms with Crippen LogP contribution in [0.4, 0.5) is 11.4 Å². The van der Waals surface area contributed by atoms with Crippen molar-refractivity contribution in [3.8, 4) is 0 Å². The van der Waals surface area contributed by atoms with Gasteiger partial charge in [-0.25, -0.2) is 0 Å². The normalized spacial score (nSPS) is 9.95. The Morgan fingerprint density at radius 3 is 2.16 bits per heavy atom. The van der Waals surface area contributed by atoms with Gasteiger partial charge >= 0.3 is 0 Å². The molecule has 0 saturated heterocycles. The van der Waals surface area contributed by atoms with Gasteiger partial charge in [-0.15, -0.1) is 0 Å². The molecule has 0 saturated carbocycles. The topological polar surface area (TPSA) is 72.2 Å². The van der Waals surface area contributed by atoms with Crippen LogP contribution in [-0.4, -0.2) is 18.6 Å². The number of para-hydroxylation sites is 1. The van der Waals surface area contributed by atoms with Crippen molar-refractivity contribution in [3.05, 3.63) is 59.7 Å². The molecule has 0 bridgehead atoms. The average Bonchev–Trinajstić information content (AvgIpc) is 2.46. The maximum Gasteiger partial charge on any atom is 0.235 e. The minimum absolute atomic E-state index is 0.241. The lowest BCUT2D eigenvalue weighted by atomic mass is 10.0. The third-order valence-electron chi connectivity index (χ3n) is 2.85. The van der Waals surface area contributed by atoms with Crippen LogP contribution in [0.25, 0.3) is 0 Å².